The number of amides is 1. The monoisotopic (exact) mass is 257 g/mol. The van der Waals surface area contributed by atoms with Crippen molar-refractivity contribution in [1.29, 1.82) is 0 Å². The minimum Gasteiger partial charge on any atom is -0.496 e. The summed E-state index contributed by atoms with van der Waals surface area (Å²) in [7, 11) is 1.50. The Balaban J connectivity index is 2.28. The SMILES string of the molecule is COc1cc(N)ccc1C(=O)Nc1cccnc1C. The van der Waals surface area contributed by atoms with Crippen LogP contribution >= 0.6 is 0 Å². The summed E-state index contributed by atoms with van der Waals surface area (Å²) in [4.78, 5) is 16.3. The third-order valence-electron chi connectivity index (χ3n) is 2.73. The van der Waals surface area contributed by atoms with Gasteiger partial charge in [0.05, 0.1) is 24.1 Å². The molecule has 0 atom stereocenters. The summed E-state index contributed by atoms with van der Waals surface area (Å²) in [5.41, 5.74) is 8.06. The van der Waals surface area contributed by atoms with E-state index >= 15 is 0 Å². The lowest BCUT2D eigenvalue weighted by Crippen LogP contribution is -2.14. The van der Waals surface area contributed by atoms with Crippen LogP contribution in [0.5, 0.6) is 5.75 Å². The summed E-state index contributed by atoms with van der Waals surface area (Å²) in [5, 5.41) is 2.80. The van der Waals surface area contributed by atoms with E-state index in [-0.39, 0.29) is 5.91 Å². The second-order valence-corrected chi connectivity index (χ2v) is 4.05. The molecule has 0 saturated carbocycles. The lowest BCUT2D eigenvalue weighted by molar-refractivity contribution is 0.102. The number of nitrogens with one attached hydrogen (secondary N) is 1. The lowest BCUT2D eigenvalue weighted by atomic mass is 10.1. The van der Waals surface area contributed by atoms with Crippen molar-refractivity contribution in [2.45, 2.75) is 6.92 Å². The molecule has 0 aliphatic rings. The fourth-order valence-corrected chi connectivity index (χ4v) is 1.70. The molecule has 0 bridgehead atoms. The van der Waals surface area contributed by atoms with E-state index in [1.54, 1.807) is 36.5 Å². The predicted octanol–water partition coefficient (Wildman–Crippen LogP) is 2.23. The number of carbonyl (C=O) groups excluding carboxylic acids is 1. The molecule has 0 fully saturated rings. The maximum atomic E-state index is 12.2. The molecule has 5 heteroatoms. The summed E-state index contributed by atoms with van der Waals surface area (Å²) in [6.07, 6.45) is 1.68. The van der Waals surface area contributed by atoms with E-state index in [2.05, 4.69) is 10.3 Å². The molecule has 1 amide bonds. The highest BCUT2D eigenvalue weighted by Gasteiger charge is 2.13. The van der Waals surface area contributed by atoms with Gasteiger partial charge in [-0.2, -0.15) is 0 Å². The third kappa shape index (κ3) is 2.82. The van der Waals surface area contributed by atoms with Crippen LogP contribution in [0.2, 0.25) is 0 Å². The van der Waals surface area contributed by atoms with E-state index < -0.39 is 0 Å². The Hall–Kier alpha value is -2.56. The van der Waals surface area contributed by atoms with Crippen molar-refractivity contribution in [3.8, 4) is 5.75 Å². The molecule has 3 N–H and O–H groups in total. The first-order valence-electron chi connectivity index (χ1n) is 5.78. The van der Waals surface area contributed by atoms with Crippen LogP contribution in [0.3, 0.4) is 0 Å². The van der Waals surface area contributed by atoms with Crippen molar-refractivity contribution < 1.29 is 9.53 Å². The number of hydrogen-bond donors (Lipinski definition) is 2. The van der Waals surface area contributed by atoms with Crippen molar-refractivity contribution >= 4 is 17.3 Å². The average molecular weight is 257 g/mol. The highest BCUT2D eigenvalue weighted by Crippen LogP contribution is 2.23. The van der Waals surface area contributed by atoms with Crippen LogP contribution in [0.1, 0.15) is 16.1 Å². The zero-order valence-corrected chi connectivity index (χ0v) is 10.8. The fraction of sp³-hybridized carbons (Fsp3) is 0.143. The largest absolute Gasteiger partial charge is 0.496 e. The van der Waals surface area contributed by atoms with Gasteiger partial charge in [0.25, 0.3) is 5.91 Å². The molecule has 98 valence electrons. The number of methoxy groups -OCH3 is 1. The number of rotatable bonds is 3. The summed E-state index contributed by atoms with van der Waals surface area (Å²) in [5.74, 6) is 0.187. The molecule has 5 nitrogen and oxygen atoms in total. The Bertz CT molecular complexity index is 611. The first kappa shape index (κ1) is 12.9. The number of hydrogen-bond acceptors (Lipinski definition) is 4. The number of anilines is 2. The van der Waals surface area contributed by atoms with E-state index in [1.165, 1.54) is 7.11 Å². The highest BCUT2D eigenvalue weighted by molar-refractivity contribution is 6.06. The Morgan fingerprint density at radius 2 is 2.16 bits per heavy atom. The molecule has 0 aliphatic heterocycles. The number of pyridine rings is 1. The van der Waals surface area contributed by atoms with Crippen molar-refractivity contribution in [3.63, 3.8) is 0 Å². The Morgan fingerprint density at radius 1 is 1.37 bits per heavy atom. The maximum absolute atomic E-state index is 12.2. The van der Waals surface area contributed by atoms with Crippen molar-refractivity contribution in [1.82, 2.24) is 4.98 Å². The molecule has 0 radical (unpaired) electrons. The molecule has 1 aromatic carbocycles. The molecule has 0 saturated heterocycles. The van der Waals surface area contributed by atoms with Crippen LogP contribution < -0.4 is 15.8 Å². The Morgan fingerprint density at radius 3 is 2.84 bits per heavy atom. The van der Waals surface area contributed by atoms with Crippen molar-refractivity contribution in [2.24, 2.45) is 0 Å². The molecular formula is C14H15N3O2. The first-order valence-corrected chi connectivity index (χ1v) is 5.78. The molecule has 0 unspecified atom stereocenters. The smallest absolute Gasteiger partial charge is 0.259 e. The zero-order valence-electron chi connectivity index (χ0n) is 10.8. The van der Waals surface area contributed by atoms with E-state index in [0.29, 0.717) is 22.7 Å². The normalized spacial score (nSPS) is 10.0. The molecule has 2 rings (SSSR count). The summed E-state index contributed by atoms with van der Waals surface area (Å²) in [6, 6.07) is 8.47. The number of ether oxygens (including phenoxy) is 1. The van der Waals surface area contributed by atoms with Gasteiger partial charge in [0.15, 0.2) is 0 Å². The van der Waals surface area contributed by atoms with Gasteiger partial charge < -0.3 is 15.8 Å². The van der Waals surface area contributed by atoms with E-state index in [1.807, 2.05) is 6.92 Å². The fourth-order valence-electron chi connectivity index (χ4n) is 1.70. The number of nitrogen functional groups attached to an aromatic ring is 1. The molecule has 1 heterocycles. The van der Waals surface area contributed by atoms with Crippen LogP contribution in [0.25, 0.3) is 0 Å². The van der Waals surface area contributed by atoms with E-state index in [0.717, 1.165) is 5.69 Å². The topological polar surface area (TPSA) is 77.2 Å². The van der Waals surface area contributed by atoms with Crippen LogP contribution in [-0.4, -0.2) is 18.0 Å². The van der Waals surface area contributed by atoms with Crippen molar-refractivity contribution in [2.75, 3.05) is 18.2 Å². The van der Waals surface area contributed by atoms with Crippen LogP contribution in [0.15, 0.2) is 36.5 Å². The van der Waals surface area contributed by atoms with Gasteiger partial charge in [-0.3, -0.25) is 9.78 Å². The Labute approximate surface area is 111 Å². The molecule has 0 spiro atoms. The second kappa shape index (κ2) is 5.39. The van der Waals surface area contributed by atoms with Gasteiger partial charge >= 0.3 is 0 Å². The van der Waals surface area contributed by atoms with Crippen LogP contribution in [-0.2, 0) is 0 Å². The van der Waals surface area contributed by atoms with Gasteiger partial charge in [0, 0.05) is 18.0 Å². The number of aryl methyl sites for hydroxylation is 1. The number of aromatic nitrogens is 1. The molecule has 2 aromatic rings. The van der Waals surface area contributed by atoms with Crippen LogP contribution in [0.4, 0.5) is 11.4 Å². The first-order chi connectivity index (χ1) is 9.11. The standard InChI is InChI=1S/C14H15N3O2/c1-9-12(4-3-7-16-9)17-14(18)11-6-5-10(15)8-13(11)19-2/h3-8H,15H2,1-2H3,(H,17,18). The number of nitrogens with two attached hydrogens (primary N) is 1. The highest BCUT2D eigenvalue weighted by atomic mass is 16.5. The van der Waals surface area contributed by atoms with Gasteiger partial charge in [-0.25, -0.2) is 0 Å². The average Bonchev–Trinajstić information content (AvgIpc) is 2.41. The van der Waals surface area contributed by atoms with Gasteiger partial charge in [-0.1, -0.05) is 0 Å². The minimum absolute atomic E-state index is 0.257. The quantitative estimate of drug-likeness (QED) is 0.827. The summed E-state index contributed by atoms with van der Waals surface area (Å²) in [6.45, 7) is 1.83. The minimum atomic E-state index is -0.257. The zero-order chi connectivity index (χ0) is 13.8. The molecule has 0 aliphatic carbocycles. The third-order valence-corrected chi connectivity index (χ3v) is 2.73. The summed E-state index contributed by atoms with van der Waals surface area (Å²) >= 11 is 0. The summed E-state index contributed by atoms with van der Waals surface area (Å²) < 4.78 is 5.16. The van der Waals surface area contributed by atoms with Gasteiger partial charge in [0.2, 0.25) is 0 Å². The number of nitrogens with zero attached hydrogens (tertiary/aromatic N) is 1. The maximum Gasteiger partial charge on any atom is 0.259 e. The van der Waals surface area contributed by atoms with Gasteiger partial charge in [-0.15, -0.1) is 0 Å². The van der Waals surface area contributed by atoms with Gasteiger partial charge in [0.1, 0.15) is 5.75 Å². The Kier molecular flexibility index (Phi) is 3.66. The van der Waals surface area contributed by atoms with E-state index in [4.69, 9.17) is 10.5 Å². The van der Waals surface area contributed by atoms with Crippen LogP contribution in [0, 0.1) is 6.92 Å². The molecule has 19 heavy (non-hydrogen) atoms. The number of benzene rings is 1. The lowest BCUT2D eigenvalue weighted by Gasteiger charge is -2.11. The van der Waals surface area contributed by atoms with E-state index in [9.17, 15) is 4.79 Å². The predicted molar refractivity (Wildman–Crippen MR) is 74.3 cm³/mol. The second-order valence-electron chi connectivity index (χ2n) is 4.05. The molecular weight excluding hydrogens is 242 g/mol. The van der Waals surface area contributed by atoms with Gasteiger partial charge in [-0.05, 0) is 31.2 Å². The number of carbonyl (C=O) groups is 1. The molecule has 1 aromatic heterocycles. The van der Waals surface area contributed by atoms with Crippen molar-refractivity contribution in [3.05, 3.63) is 47.8 Å².